The Balaban J connectivity index is 2.45. The molecule has 1 heterocycles. The molecule has 0 aromatic carbocycles. The maximum atomic E-state index is 11.8. The van der Waals surface area contributed by atoms with Gasteiger partial charge in [0.05, 0.1) is 12.1 Å². The van der Waals surface area contributed by atoms with Crippen LogP contribution in [0.4, 0.5) is 0 Å². The molecule has 1 aliphatic heterocycles. The lowest BCUT2D eigenvalue weighted by molar-refractivity contribution is -0.125. The second-order valence-electron chi connectivity index (χ2n) is 3.67. The van der Waals surface area contributed by atoms with Crippen LogP contribution in [0.25, 0.3) is 0 Å². The van der Waals surface area contributed by atoms with Crippen molar-refractivity contribution in [2.45, 2.75) is 19.0 Å². The number of carbonyl (C=O) groups excluding carboxylic acids is 1. The van der Waals surface area contributed by atoms with Gasteiger partial charge in [-0.3, -0.25) is 9.69 Å². The molecule has 0 spiro atoms. The number of ketones is 1. The van der Waals surface area contributed by atoms with E-state index in [-0.39, 0.29) is 17.9 Å². The molecule has 0 bridgehead atoms. The summed E-state index contributed by atoms with van der Waals surface area (Å²) >= 11 is 0. The molecule has 0 saturated carbocycles. The Bertz CT molecular complexity index is 176. The molecule has 0 aromatic heterocycles. The molecule has 4 nitrogen and oxygen atoms in total. The lowest BCUT2D eigenvalue weighted by atomic mass is 10.0. The molecule has 1 radical (unpaired) electrons. The fourth-order valence-electron chi connectivity index (χ4n) is 1.33. The quantitative estimate of drug-likeness (QED) is 0.617. The van der Waals surface area contributed by atoms with Gasteiger partial charge in [0.2, 0.25) is 0 Å². The van der Waals surface area contributed by atoms with Crippen LogP contribution in [-0.4, -0.2) is 56.5 Å². The van der Waals surface area contributed by atoms with Crippen molar-refractivity contribution >= 4 is 5.78 Å². The number of Topliss-reactive ketones (excluding diaryl/α,β-unsaturated/α-hetero) is 1. The van der Waals surface area contributed by atoms with Crippen molar-refractivity contribution in [1.29, 1.82) is 0 Å². The van der Waals surface area contributed by atoms with Crippen LogP contribution in [0.2, 0.25) is 0 Å². The molecule has 75 valence electrons. The van der Waals surface area contributed by atoms with Gasteiger partial charge in [0.25, 0.3) is 0 Å². The summed E-state index contributed by atoms with van der Waals surface area (Å²) in [5.74, 6) is 0.220. The van der Waals surface area contributed by atoms with Crippen molar-refractivity contribution < 1.29 is 4.79 Å². The Morgan fingerprint density at radius 1 is 1.62 bits per heavy atom. The Labute approximate surface area is 79.7 Å². The minimum Gasteiger partial charge on any atom is -0.313 e. The third-order valence-corrected chi connectivity index (χ3v) is 2.49. The van der Waals surface area contributed by atoms with Gasteiger partial charge in [0, 0.05) is 19.6 Å². The molecule has 1 N–H and O–H groups in total. The van der Waals surface area contributed by atoms with E-state index in [0.29, 0.717) is 6.54 Å². The maximum Gasteiger partial charge on any atom is 0.169 e. The van der Waals surface area contributed by atoms with Crippen molar-refractivity contribution in [3.63, 3.8) is 0 Å². The van der Waals surface area contributed by atoms with E-state index in [1.807, 2.05) is 25.9 Å². The van der Waals surface area contributed by atoms with E-state index in [2.05, 4.69) is 10.6 Å². The highest BCUT2D eigenvalue weighted by molar-refractivity contribution is 5.89. The number of carbonyl (C=O) groups is 1. The van der Waals surface area contributed by atoms with Crippen LogP contribution in [0.1, 0.15) is 6.92 Å². The standard InChI is InChI=1S/C9H18N3O/c1-7(12(2)3)9(13)8-6-10-4-5-11-8/h7-8,10H,4-6H2,1-3H3. The van der Waals surface area contributed by atoms with E-state index in [0.717, 1.165) is 13.1 Å². The molecule has 1 fully saturated rings. The van der Waals surface area contributed by atoms with Gasteiger partial charge in [-0.25, -0.2) is 5.32 Å². The second-order valence-corrected chi connectivity index (χ2v) is 3.67. The van der Waals surface area contributed by atoms with Gasteiger partial charge in [0.1, 0.15) is 0 Å². The van der Waals surface area contributed by atoms with Crippen LogP contribution in [0.15, 0.2) is 0 Å². The summed E-state index contributed by atoms with van der Waals surface area (Å²) in [6.45, 7) is 4.29. The summed E-state index contributed by atoms with van der Waals surface area (Å²) in [6, 6.07) is -0.167. The lowest BCUT2D eigenvalue weighted by Crippen LogP contribution is -2.53. The number of nitrogens with one attached hydrogen (secondary N) is 1. The molecule has 1 rings (SSSR count). The van der Waals surface area contributed by atoms with Gasteiger partial charge in [-0.05, 0) is 21.0 Å². The van der Waals surface area contributed by atoms with Gasteiger partial charge in [-0.2, -0.15) is 0 Å². The number of hydrogen-bond donors (Lipinski definition) is 1. The van der Waals surface area contributed by atoms with E-state index in [4.69, 9.17) is 0 Å². The van der Waals surface area contributed by atoms with Gasteiger partial charge < -0.3 is 5.32 Å². The predicted molar refractivity (Wildman–Crippen MR) is 51.8 cm³/mol. The van der Waals surface area contributed by atoms with Crippen molar-refractivity contribution in [3.05, 3.63) is 0 Å². The van der Waals surface area contributed by atoms with Crippen molar-refractivity contribution in [1.82, 2.24) is 15.5 Å². The van der Waals surface area contributed by atoms with Gasteiger partial charge in [0.15, 0.2) is 5.78 Å². The molecular formula is C9H18N3O. The summed E-state index contributed by atoms with van der Waals surface area (Å²) in [4.78, 5) is 13.7. The molecule has 2 unspecified atom stereocenters. The average Bonchev–Trinajstić information content (AvgIpc) is 2.17. The Hall–Kier alpha value is -0.450. The Morgan fingerprint density at radius 2 is 2.31 bits per heavy atom. The number of nitrogens with zero attached hydrogens (tertiary/aromatic N) is 2. The van der Waals surface area contributed by atoms with E-state index < -0.39 is 0 Å². The predicted octanol–water partition coefficient (Wildman–Crippen LogP) is -0.918. The van der Waals surface area contributed by atoms with Crippen molar-refractivity contribution in [3.8, 4) is 0 Å². The smallest absolute Gasteiger partial charge is 0.169 e. The molecule has 1 saturated heterocycles. The van der Waals surface area contributed by atoms with Crippen LogP contribution in [-0.2, 0) is 4.79 Å². The fourth-order valence-corrected chi connectivity index (χ4v) is 1.33. The summed E-state index contributed by atoms with van der Waals surface area (Å²) in [5, 5.41) is 7.47. The van der Waals surface area contributed by atoms with Crippen LogP contribution in [0.3, 0.4) is 0 Å². The first-order valence-corrected chi connectivity index (χ1v) is 4.70. The number of rotatable bonds is 3. The zero-order valence-corrected chi connectivity index (χ0v) is 8.58. The fraction of sp³-hybridized carbons (Fsp3) is 0.889. The largest absolute Gasteiger partial charge is 0.313 e. The van der Waals surface area contributed by atoms with Gasteiger partial charge in [-0.15, -0.1) is 0 Å². The first-order chi connectivity index (χ1) is 6.13. The maximum absolute atomic E-state index is 11.8. The minimum absolute atomic E-state index is 0.0337. The summed E-state index contributed by atoms with van der Waals surface area (Å²) in [7, 11) is 3.83. The van der Waals surface area contributed by atoms with Crippen molar-refractivity contribution in [2.24, 2.45) is 0 Å². The molecule has 13 heavy (non-hydrogen) atoms. The second kappa shape index (κ2) is 4.69. The highest BCUT2D eigenvalue weighted by atomic mass is 16.1. The molecule has 0 amide bonds. The highest BCUT2D eigenvalue weighted by Gasteiger charge is 2.26. The number of piperazine rings is 1. The topological polar surface area (TPSA) is 46.4 Å². The molecule has 0 aliphatic carbocycles. The monoisotopic (exact) mass is 184 g/mol. The molecule has 0 aromatic rings. The third-order valence-electron chi connectivity index (χ3n) is 2.49. The molecule has 2 atom stereocenters. The average molecular weight is 184 g/mol. The molecule has 1 aliphatic rings. The minimum atomic E-state index is -0.133. The van der Waals surface area contributed by atoms with Crippen LogP contribution in [0, 0.1) is 0 Å². The van der Waals surface area contributed by atoms with E-state index >= 15 is 0 Å². The summed E-state index contributed by atoms with van der Waals surface area (Å²) in [5.41, 5.74) is 0. The van der Waals surface area contributed by atoms with E-state index in [1.165, 1.54) is 0 Å². The normalized spacial score (nSPS) is 26.0. The zero-order chi connectivity index (χ0) is 9.84. The summed E-state index contributed by atoms with van der Waals surface area (Å²) < 4.78 is 0. The third kappa shape index (κ3) is 2.76. The first kappa shape index (κ1) is 10.6. The Kier molecular flexibility index (Phi) is 3.84. The van der Waals surface area contributed by atoms with E-state index in [9.17, 15) is 4.79 Å². The molecule has 4 heteroatoms. The summed E-state index contributed by atoms with van der Waals surface area (Å²) in [6.07, 6.45) is 0. The van der Waals surface area contributed by atoms with Crippen molar-refractivity contribution in [2.75, 3.05) is 33.7 Å². The van der Waals surface area contributed by atoms with Gasteiger partial charge in [-0.1, -0.05) is 0 Å². The van der Waals surface area contributed by atoms with Crippen LogP contribution in [0.5, 0.6) is 0 Å². The van der Waals surface area contributed by atoms with Crippen LogP contribution < -0.4 is 10.6 Å². The highest BCUT2D eigenvalue weighted by Crippen LogP contribution is 2.00. The lowest BCUT2D eigenvalue weighted by Gasteiger charge is -2.27. The number of likely N-dealkylation sites (N-methyl/N-ethyl adjacent to an activating group) is 1. The van der Waals surface area contributed by atoms with Gasteiger partial charge >= 0.3 is 0 Å². The number of hydrogen-bond acceptors (Lipinski definition) is 3. The first-order valence-electron chi connectivity index (χ1n) is 4.70. The Morgan fingerprint density at radius 3 is 2.77 bits per heavy atom. The van der Waals surface area contributed by atoms with Crippen LogP contribution >= 0.6 is 0 Å². The molecular weight excluding hydrogens is 166 g/mol. The van der Waals surface area contributed by atoms with E-state index in [1.54, 1.807) is 0 Å². The zero-order valence-electron chi connectivity index (χ0n) is 8.58. The SMILES string of the molecule is CC(C(=O)C1CNCC[N]1)N(C)C.